The maximum absolute atomic E-state index is 12.9. The molecular weight excluding hydrogens is 562 g/mol. The Morgan fingerprint density at radius 2 is 1.91 bits per heavy atom. The first-order chi connectivity index (χ1) is 20.7. The highest BCUT2D eigenvalue weighted by Crippen LogP contribution is 2.78. The summed E-state index contributed by atoms with van der Waals surface area (Å²) in [7, 11) is 1.31. The van der Waals surface area contributed by atoms with Crippen LogP contribution in [-0.2, 0) is 16.1 Å². The molecule has 228 valence electrons. The van der Waals surface area contributed by atoms with Gasteiger partial charge in [-0.15, -0.1) is 11.3 Å². The Bertz CT molecular complexity index is 1510. The first kappa shape index (κ1) is 29.6. The molecule has 2 aliphatic carbocycles. The molecule has 3 heterocycles. The summed E-state index contributed by atoms with van der Waals surface area (Å²) in [5.74, 6) is 1.79. The second kappa shape index (κ2) is 11.6. The maximum atomic E-state index is 12.9. The Labute approximate surface area is 257 Å². The molecule has 43 heavy (non-hydrogen) atoms. The van der Waals surface area contributed by atoms with Gasteiger partial charge in [-0.1, -0.05) is 17.7 Å². The standard InChI is InChI=1S/C32H37N3O3S.C2H4O2/c1-20-7-10-26(38-17-23-9-8-22(14-21(23)2)29(36)34-11-5-4-6-12-34)24(13-20)25-18-39-30(33-25)35-16-28-31(3,37)27-15-32(27,28)19-35;1-4-2-3/h7-10,13-14,18,27-28,37H,4-6,11-12,15-17,19H2,1-3H3;2H,1H3. The van der Waals surface area contributed by atoms with Crippen molar-refractivity contribution in [2.45, 2.75) is 58.7 Å². The van der Waals surface area contributed by atoms with Gasteiger partial charge >= 0.3 is 0 Å². The highest BCUT2D eigenvalue weighted by Gasteiger charge is 2.81. The van der Waals surface area contributed by atoms with Crippen LogP contribution in [0.1, 0.15) is 59.7 Å². The van der Waals surface area contributed by atoms with Crippen molar-refractivity contribution in [2.75, 3.05) is 38.2 Å². The Morgan fingerprint density at radius 3 is 2.58 bits per heavy atom. The molecule has 2 aromatic carbocycles. The van der Waals surface area contributed by atoms with Gasteiger partial charge in [0.25, 0.3) is 12.4 Å². The van der Waals surface area contributed by atoms with Crippen LogP contribution in [0.15, 0.2) is 41.8 Å². The van der Waals surface area contributed by atoms with Gasteiger partial charge in [-0.25, -0.2) is 4.98 Å². The number of aromatic nitrogens is 1. The first-order valence-electron chi connectivity index (χ1n) is 15.2. The van der Waals surface area contributed by atoms with E-state index in [1.165, 1.54) is 19.1 Å². The minimum absolute atomic E-state index is 0.136. The van der Waals surface area contributed by atoms with E-state index in [9.17, 15) is 9.90 Å². The number of ether oxygens (including phenoxy) is 2. The Hall–Kier alpha value is -3.43. The summed E-state index contributed by atoms with van der Waals surface area (Å²) in [6.45, 7) is 10.6. The van der Waals surface area contributed by atoms with Crippen LogP contribution in [0.3, 0.4) is 0 Å². The van der Waals surface area contributed by atoms with Gasteiger partial charge in [0, 0.05) is 54.0 Å². The lowest BCUT2D eigenvalue weighted by molar-refractivity contribution is -0.126. The van der Waals surface area contributed by atoms with Crippen molar-refractivity contribution in [2.24, 2.45) is 17.3 Å². The number of carbonyl (C=O) groups excluding carboxylic acids is 2. The van der Waals surface area contributed by atoms with Gasteiger partial charge in [-0.05, 0) is 87.8 Å². The van der Waals surface area contributed by atoms with E-state index < -0.39 is 5.60 Å². The quantitative estimate of drug-likeness (QED) is 0.350. The summed E-state index contributed by atoms with van der Waals surface area (Å²) in [6.07, 6.45) is 4.56. The summed E-state index contributed by atoms with van der Waals surface area (Å²) in [5.41, 5.74) is 5.83. The van der Waals surface area contributed by atoms with Crippen molar-refractivity contribution < 1.29 is 24.2 Å². The fourth-order valence-electron chi connectivity index (χ4n) is 7.59. The van der Waals surface area contributed by atoms with Crippen molar-refractivity contribution in [3.8, 4) is 17.0 Å². The molecule has 4 unspecified atom stereocenters. The Morgan fingerprint density at radius 1 is 1.14 bits per heavy atom. The molecule has 4 atom stereocenters. The number of carbonyl (C=O) groups is 2. The Balaban J connectivity index is 0.000000777. The fourth-order valence-corrected chi connectivity index (χ4v) is 8.43. The Kier molecular flexibility index (Phi) is 7.98. The highest BCUT2D eigenvalue weighted by molar-refractivity contribution is 7.14. The fraction of sp³-hybridized carbons (Fsp3) is 0.500. The van der Waals surface area contributed by atoms with Crippen molar-refractivity contribution >= 4 is 28.8 Å². The number of piperidine rings is 1. The second-order valence-corrected chi connectivity index (χ2v) is 13.6. The number of thiazole rings is 1. The maximum Gasteiger partial charge on any atom is 0.292 e. The number of likely N-dealkylation sites (tertiary alicyclic amines) is 1. The zero-order valence-electron chi connectivity index (χ0n) is 25.5. The minimum Gasteiger partial charge on any atom is -0.488 e. The number of aryl methyl sites for hydroxylation is 2. The number of hydrogen-bond donors (Lipinski definition) is 1. The molecule has 0 radical (unpaired) electrons. The number of hydrogen-bond acceptors (Lipinski definition) is 8. The van der Waals surface area contributed by atoms with E-state index in [1.54, 1.807) is 11.3 Å². The minimum atomic E-state index is -0.510. The number of amides is 1. The molecule has 1 amide bonds. The summed E-state index contributed by atoms with van der Waals surface area (Å²) in [5, 5.41) is 14.0. The van der Waals surface area contributed by atoms with Gasteiger partial charge in [0.15, 0.2) is 5.13 Å². The molecule has 8 nitrogen and oxygen atoms in total. The predicted octanol–water partition coefficient (Wildman–Crippen LogP) is 5.63. The smallest absolute Gasteiger partial charge is 0.292 e. The molecule has 2 saturated carbocycles. The lowest BCUT2D eigenvalue weighted by atomic mass is 9.64. The van der Waals surface area contributed by atoms with Crippen LogP contribution in [-0.4, -0.2) is 66.3 Å². The van der Waals surface area contributed by atoms with E-state index >= 15 is 0 Å². The van der Waals surface area contributed by atoms with Gasteiger partial charge < -0.3 is 24.4 Å². The molecule has 9 heteroatoms. The van der Waals surface area contributed by atoms with Crippen LogP contribution in [0.25, 0.3) is 11.3 Å². The van der Waals surface area contributed by atoms with Crippen molar-refractivity contribution in [3.63, 3.8) is 0 Å². The topological polar surface area (TPSA) is 92.2 Å². The molecule has 4 fully saturated rings. The lowest BCUT2D eigenvalue weighted by Gasteiger charge is -2.44. The molecule has 1 N–H and O–H groups in total. The van der Waals surface area contributed by atoms with Gasteiger partial charge in [0.05, 0.1) is 18.4 Å². The average Bonchev–Trinajstić information content (AvgIpc) is 3.28. The van der Waals surface area contributed by atoms with E-state index in [0.717, 1.165) is 84.3 Å². The van der Waals surface area contributed by atoms with Crippen molar-refractivity contribution in [1.82, 2.24) is 9.88 Å². The monoisotopic (exact) mass is 603 g/mol. The van der Waals surface area contributed by atoms with Gasteiger partial charge in [0.1, 0.15) is 12.4 Å². The molecule has 2 saturated heterocycles. The zero-order chi connectivity index (χ0) is 30.4. The average molecular weight is 604 g/mol. The third-order valence-corrected chi connectivity index (χ3v) is 10.9. The van der Waals surface area contributed by atoms with Gasteiger partial charge in [-0.3, -0.25) is 9.59 Å². The first-order valence-corrected chi connectivity index (χ1v) is 16.1. The summed E-state index contributed by atoms with van der Waals surface area (Å²) >= 11 is 1.68. The van der Waals surface area contributed by atoms with E-state index in [0.29, 0.717) is 30.3 Å². The largest absolute Gasteiger partial charge is 0.488 e. The molecule has 4 aliphatic rings. The summed E-state index contributed by atoms with van der Waals surface area (Å²) in [6, 6.07) is 12.2. The number of nitrogens with zero attached hydrogens (tertiary/aromatic N) is 3. The van der Waals surface area contributed by atoms with Gasteiger partial charge in [-0.2, -0.15) is 0 Å². The van der Waals surface area contributed by atoms with Crippen LogP contribution in [0.5, 0.6) is 5.75 Å². The van der Waals surface area contributed by atoms with Crippen molar-refractivity contribution in [1.29, 1.82) is 0 Å². The number of anilines is 1. The normalized spacial score (nSPS) is 26.8. The van der Waals surface area contributed by atoms with Crippen molar-refractivity contribution in [3.05, 3.63) is 64.0 Å². The zero-order valence-corrected chi connectivity index (χ0v) is 26.3. The SMILES string of the molecule is COC=O.Cc1ccc(OCc2ccc(C(=O)N3CCCCC3)cc2C)c(-c2csc(N3CC4C(C)(O)C5CC45C3)n2)c1. The van der Waals surface area contributed by atoms with Crippen LogP contribution in [0.2, 0.25) is 0 Å². The third-order valence-electron chi connectivity index (χ3n) is 10.00. The third kappa shape index (κ3) is 5.42. The summed E-state index contributed by atoms with van der Waals surface area (Å²) in [4.78, 5) is 31.3. The van der Waals surface area contributed by atoms with E-state index in [2.05, 4.69) is 41.0 Å². The number of rotatable bonds is 7. The molecule has 7 rings (SSSR count). The second-order valence-electron chi connectivity index (χ2n) is 12.8. The van der Waals surface area contributed by atoms with E-state index in [-0.39, 0.29) is 5.91 Å². The van der Waals surface area contributed by atoms with Gasteiger partial charge in [0.2, 0.25) is 0 Å². The number of aliphatic hydroxyl groups is 1. The molecule has 1 spiro atoms. The molecule has 2 aliphatic heterocycles. The van der Waals surface area contributed by atoms with Crippen LogP contribution >= 0.6 is 11.3 Å². The molecule has 3 aromatic rings. The summed E-state index contributed by atoms with van der Waals surface area (Å²) < 4.78 is 10.2. The lowest BCUT2D eigenvalue weighted by Crippen LogP contribution is -2.52. The van der Waals surface area contributed by atoms with Crippen LogP contribution < -0.4 is 9.64 Å². The number of benzene rings is 2. The number of methoxy groups -OCH3 is 1. The van der Waals surface area contributed by atoms with Crippen LogP contribution in [0, 0.1) is 31.1 Å². The van der Waals surface area contributed by atoms with E-state index in [1.807, 2.05) is 36.1 Å². The van der Waals surface area contributed by atoms with E-state index in [4.69, 9.17) is 14.5 Å². The molecular formula is C34H41N3O5S. The molecule has 1 aromatic heterocycles. The predicted molar refractivity (Wildman–Crippen MR) is 167 cm³/mol. The highest BCUT2D eigenvalue weighted by atomic mass is 32.1. The molecule has 0 bridgehead atoms. The van der Waals surface area contributed by atoms with Crippen LogP contribution in [0.4, 0.5) is 5.13 Å².